The van der Waals surface area contributed by atoms with Crippen LogP contribution < -0.4 is 5.32 Å². The van der Waals surface area contributed by atoms with E-state index < -0.39 is 0 Å². The lowest BCUT2D eigenvalue weighted by Gasteiger charge is -1.96. The van der Waals surface area contributed by atoms with Crippen LogP contribution in [-0.2, 0) is 13.1 Å². The zero-order valence-corrected chi connectivity index (χ0v) is 7.52. The van der Waals surface area contributed by atoms with Crippen LogP contribution in [0.3, 0.4) is 0 Å². The fourth-order valence-electron chi connectivity index (χ4n) is 1.29. The molecule has 1 nitrogen and oxygen atoms in total. The van der Waals surface area contributed by atoms with Crippen LogP contribution in [0, 0.1) is 5.82 Å². The van der Waals surface area contributed by atoms with Gasteiger partial charge in [-0.2, -0.15) is 0 Å². The summed E-state index contributed by atoms with van der Waals surface area (Å²) in [6.07, 6.45) is 0. The third-order valence-electron chi connectivity index (χ3n) is 1.83. The van der Waals surface area contributed by atoms with Crippen LogP contribution in [0.2, 0.25) is 0 Å². The molecule has 1 N–H and O–H groups in total. The maximum Gasteiger partial charge on any atom is 0.128 e. The first-order valence-electron chi connectivity index (χ1n) is 4.35. The van der Waals surface area contributed by atoms with Gasteiger partial charge in [0.25, 0.3) is 0 Å². The molecule has 1 heterocycles. The predicted molar refractivity (Wildman–Crippen MR) is 48.3 cm³/mol. The molecule has 2 heteroatoms. The Kier molecular flexibility index (Phi) is 3.23. The lowest BCUT2D eigenvalue weighted by Crippen LogP contribution is -2.00. The SMILES string of the molecule is CC.Fc1cccc2c1CNC2. The first-order chi connectivity index (χ1) is 5.88. The largest absolute Gasteiger partial charge is 0.308 e. The summed E-state index contributed by atoms with van der Waals surface area (Å²) < 4.78 is 12.9. The van der Waals surface area contributed by atoms with E-state index in [0.29, 0.717) is 6.54 Å². The number of hydrogen-bond acceptors (Lipinski definition) is 1. The van der Waals surface area contributed by atoms with Gasteiger partial charge in [-0.3, -0.25) is 0 Å². The first kappa shape index (κ1) is 9.20. The highest BCUT2D eigenvalue weighted by Crippen LogP contribution is 2.17. The van der Waals surface area contributed by atoms with Crippen molar-refractivity contribution in [2.24, 2.45) is 0 Å². The lowest BCUT2D eigenvalue weighted by atomic mass is 10.1. The Balaban J connectivity index is 0.000000336. The van der Waals surface area contributed by atoms with E-state index in [9.17, 15) is 4.39 Å². The van der Waals surface area contributed by atoms with E-state index in [1.54, 1.807) is 6.07 Å². The van der Waals surface area contributed by atoms with E-state index in [2.05, 4.69) is 5.32 Å². The third kappa shape index (κ3) is 1.64. The standard InChI is InChI=1S/C8H8FN.C2H6/c9-8-3-1-2-6-4-10-5-7(6)8;1-2/h1-3,10H,4-5H2;1-2H3. The van der Waals surface area contributed by atoms with Crippen LogP contribution in [-0.4, -0.2) is 0 Å². The van der Waals surface area contributed by atoms with E-state index in [1.165, 1.54) is 6.07 Å². The Morgan fingerprint density at radius 1 is 1.25 bits per heavy atom. The summed E-state index contributed by atoms with van der Waals surface area (Å²) in [6.45, 7) is 5.50. The van der Waals surface area contributed by atoms with Gasteiger partial charge in [0.05, 0.1) is 0 Å². The second-order valence-electron chi connectivity index (χ2n) is 2.48. The average molecular weight is 167 g/mol. The molecule has 0 saturated carbocycles. The van der Waals surface area contributed by atoms with Gasteiger partial charge >= 0.3 is 0 Å². The highest BCUT2D eigenvalue weighted by atomic mass is 19.1. The molecule has 1 aromatic rings. The summed E-state index contributed by atoms with van der Waals surface area (Å²) in [6, 6.07) is 5.21. The Labute approximate surface area is 72.6 Å². The molecule has 0 aliphatic carbocycles. The number of rotatable bonds is 0. The van der Waals surface area contributed by atoms with Crippen molar-refractivity contribution in [2.75, 3.05) is 0 Å². The van der Waals surface area contributed by atoms with Crippen molar-refractivity contribution in [1.82, 2.24) is 5.32 Å². The van der Waals surface area contributed by atoms with Gasteiger partial charge in [0.1, 0.15) is 5.82 Å². The third-order valence-corrected chi connectivity index (χ3v) is 1.83. The molecule has 0 amide bonds. The van der Waals surface area contributed by atoms with Crippen LogP contribution in [0.4, 0.5) is 4.39 Å². The van der Waals surface area contributed by atoms with Gasteiger partial charge < -0.3 is 5.32 Å². The Morgan fingerprint density at radius 3 is 2.67 bits per heavy atom. The quantitative estimate of drug-likeness (QED) is 0.626. The molecule has 0 bridgehead atoms. The molecule has 0 fully saturated rings. The predicted octanol–water partition coefficient (Wildman–Crippen LogP) is 2.46. The fraction of sp³-hybridized carbons (Fsp3) is 0.400. The number of fused-ring (bicyclic) bond motifs is 1. The van der Waals surface area contributed by atoms with Gasteiger partial charge in [0.2, 0.25) is 0 Å². The minimum absolute atomic E-state index is 0.0810. The summed E-state index contributed by atoms with van der Waals surface area (Å²) in [5.41, 5.74) is 1.93. The molecule has 0 spiro atoms. The molecule has 1 aliphatic rings. The van der Waals surface area contributed by atoms with E-state index in [4.69, 9.17) is 0 Å². The zero-order chi connectivity index (χ0) is 8.97. The van der Waals surface area contributed by atoms with Crippen LogP contribution in [0.5, 0.6) is 0 Å². The number of halogens is 1. The number of benzene rings is 1. The molecule has 0 aromatic heterocycles. The van der Waals surface area contributed by atoms with Crippen LogP contribution in [0.15, 0.2) is 18.2 Å². The topological polar surface area (TPSA) is 12.0 Å². The van der Waals surface area contributed by atoms with Crippen LogP contribution >= 0.6 is 0 Å². The molecule has 2 rings (SSSR count). The van der Waals surface area contributed by atoms with Gasteiger partial charge in [0, 0.05) is 18.7 Å². The normalized spacial score (nSPS) is 13.2. The summed E-state index contributed by atoms with van der Waals surface area (Å²) >= 11 is 0. The second-order valence-corrected chi connectivity index (χ2v) is 2.48. The minimum atomic E-state index is -0.0810. The van der Waals surface area contributed by atoms with Crippen molar-refractivity contribution in [3.8, 4) is 0 Å². The number of nitrogens with one attached hydrogen (secondary N) is 1. The van der Waals surface area contributed by atoms with Crippen molar-refractivity contribution in [3.05, 3.63) is 35.1 Å². The molecule has 0 atom stereocenters. The summed E-state index contributed by atoms with van der Waals surface area (Å²) in [5.74, 6) is -0.0810. The molecule has 1 aromatic carbocycles. The summed E-state index contributed by atoms with van der Waals surface area (Å²) in [7, 11) is 0. The Hall–Kier alpha value is -0.890. The Bertz CT molecular complexity index is 258. The van der Waals surface area contributed by atoms with E-state index >= 15 is 0 Å². The lowest BCUT2D eigenvalue weighted by molar-refractivity contribution is 0.608. The summed E-state index contributed by atoms with van der Waals surface area (Å²) in [5, 5.41) is 3.09. The molecular weight excluding hydrogens is 153 g/mol. The van der Waals surface area contributed by atoms with Crippen molar-refractivity contribution in [1.29, 1.82) is 0 Å². The van der Waals surface area contributed by atoms with E-state index in [1.807, 2.05) is 19.9 Å². The fourth-order valence-corrected chi connectivity index (χ4v) is 1.29. The molecule has 12 heavy (non-hydrogen) atoms. The van der Waals surface area contributed by atoms with E-state index in [0.717, 1.165) is 17.7 Å². The monoisotopic (exact) mass is 167 g/mol. The zero-order valence-electron chi connectivity index (χ0n) is 7.52. The van der Waals surface area contributed by atoms with Gasteiger partial charge in [-0.05, 0) is 11.6 Å². The second kappa shape index (κ2) is 4.21. The van der Waals surface area contributed by atoms with Gasteiger partial charge in [0.15, 0.2) is 0 Å². The van der Waals surface area contributed by atoms with Crippen molar-refractivity contribution in [2.45, 2.75) is 26.9 Å². The molecule has 0 unspecified atom stereocenters. The van der Waals surface area contributed by atoms with Crippen molar-refractivity contribution < 1.29 is 4.39 Å². The van der Waals surface area contributed by atoms with Crippen molar-refractivity contribution in [3.63, 3.8) is 0 Å². The maximum absolute atomic E-state index is 12.9. The molecular formula is C10H14FN. The van der Waals surface area contributed by atoms with Gasteiger partial charge in [-0.1, -0.05) is 26.0 Å². The van der Waals surface area contributed by atoms with E-state index in [-0.39, 0.29) is 5.82 Å². The van der Waals surface area contributed by atoms with Crippen molar-refractivity contribution >= 4 is 0 Å². The minimum Gasteiger partial charge on any atom is -0.308 e. The first-order valence-corrected chi connectivity index (χ1v) is 4.35. The molecule has 0 radical (unpaired) electrons. The molecule has 66 valence electrons. The highest BCUT2D eigenvalue weighted by Gasteiger charge is 2.12. The molecule has 1 aliphatic heterocycles. The average Bonchev–Trinajstić information content (AvgIpc) is 2.57. The van der Waals surface area contributed by atoms with Crippen LogP contribution in [0.1, 0.15) is 25.0 Å². The van der Waals surface area contributed by atoms with Gasteiger partial charge in [-0.15, -0.1) is 0 Å². The van der Waals surface area contributed by atoms with Crippen LogP contribution in [0.25, 0.3) is 0 Å². The number of hydrogen-bond donors (Lipinski definition) is 1. The van der Waals surface area contributed by atoms with Gasteiger partial charge in [-0.25, -0.2) is 4.39 Å². The smallest absolute Gasteiger partial charge is 0.128 e. The highest BCUT2D eigenvalue weighted by molar-refractivity contribution is 5.31. The molecule has 0 saturated heterocycles. The maximum atomic E-state index is 12.9. The summed E-state index contributed by atoms with van der Waals surface area (Å²) in [4.78, 5) is 0. The Morgan fingerprint density at radius 2 is 2.00 bits per heavy atom.